The summed E-state index contributed by atoms with van der Waals surface area (Å²) in [7, 11) is -2.64. The Morgan fingerprint density at radius 2 is 1.46 bits per heavy atom. The standard InChI is InChI=1S/C18H20N2O5S/c1-12(18(22)25-3)20-26(23,24)17-10-6-15(7-11-17)14-4-8-16(9-5-14)19-13(2)21/h4-12,20H,1-3H3,(H,19,21)/t12-/m0/s1. The van der Waals surface area contributed by atoms with Crippen molar-refractivity contribution in [2.45, 2.75) is 24.8 Å². The van der Waals surface area contributed by atoms with Gasteiger partial charge in [-0.1, -0.05) is 24.3 Å². The SMILES string of the molecule is COC(=O)[C@H](C)NS(=O)(=O)c1ccc(-c2ccc(NC(C)=O)cc2)cc1. The summed E-state index contributed by atoms with van der Waals surface area (Å²) in [6, 6.07) is 12.5. The number of anilines is 1. The molecule has 0 bridgehead atoms. The van der Waals surface area contributed by atoms with Crippen LogP contribution in [0.3, 0.4) is 0 Å². The Labute approximate surface area is 152 Å². The molecule has 2 aromatic carbocycles. The molecule has 8 heteroatoms. The number of amides is 1. The van der Waals surface area contributed by atoms with Gasteiger partial charge in [0.2, 0.25) is 15.9 Å². The second-order valence-electron chi connectivity index (χ2n) is 5.65. The van der Waals surface area contributed by atoms with Crippen molar-refractivity contribution >= 4 is 27.6 Å². The Balaban J connectivity index is 2.17. The molecule has 7 nitrogen and oxygen atoms in total. The maximum Gasteiger partial charge on any atom is 0.323 e. The molecule has 2 aromatic rings. The van der Waals surface area contributed by atoms with E-state index in [1.807, 2.05) is 12.1 Å². The average Bonchev–Trinajstić information content (AvgIpc) is 2.61. The van der Waals surface area contributed by atoms with E-state index in [1.165, 1.54) is 33.1 Å². The number of carbonyl (C=O) groups excluding carboxylic acids is 2. The normalized spacial score (nSPS) is 12.3. The Morgan fingerprint density at radius 1 is 0.962 bits per heavy atom. The largest absolute Gasteiger partial charge is 0.468 e. The molecule has 2 N–H and O–H groups in total. The van der Waals surface area contributed by atoms with E-state index in [4.69, 9.17) is 0 Å². The van der Waals surface area contributed by atoms with Gasteiger partial charge in [0.25, 0.3) is 0 Å². The molecule has 0 aliphatic heterocycles. The van der Waals surface area contributed by atoms with E-state index in [0.717, 1.165) is 11.1 Å². The van der Waals surface area contributed by atoms with Crippen molar-refractivity contribution < 1.29 is 22.7 Å². The van der Waals surface area contributed by atoms with Crippen molar-refractivity contribution in [2.24, 2.45) is 0 Å². The Morgan fingerprint density at radius 3 is 1.92 bits per heavy atom. The maximum atomic E-state index is 12.3. The lowest BCUT2D eigenvalue weighted by Gasteiger charge is -2.12. The minimum Gasteiger partial charge on any atom is -0.468 e. The third-order valence-corrected chi connectivity index (χ3v) is 5.15. The lowest BCUT2D eigenvalue weighted by Crippen LogP contribution is -2.39. The van der Waals surface area contributed by atoms with Crippen LogP contribution in [-0.4, -0.2) is 33.4 Å². The van der Waals surface area contributed by atoms with Gasteiger partial charge in [0.05, 0.1) is 12.0 Å². The van der Waals surface area contributed by atoms with E-state index in [0.29, 0.717) is 5.69 Å². The van der Waals surface area contributed by atoms with E-state index < -0.39 is 22.0 Å². The van der Waals surface area contributed by atoms with E-state index in [9.17, 15) is 18.0 Å². The Bertz CT molecular complexity index is 890. The zero-order chi connectivity index (χ0) is 19.3. The van der Waals surface area contributed by atoms with Crippen molar-refractivity contribution in [1.82, 2.24) is 4.72 Å². The van der Waals surface area contributed by atoms with Gasteiger partial charge in [0.1, 0.15) is 6.04 Å². The maximum absolute atomic E-state index is 12.3. The first kappa shape index (κ1) is 19.6. The monoisotopic (exact) mass is 376 g/mol. The molecule has 0 unspecified atom stereocenters. The molecule has 1 amide bonds. The molecule has 0 heterocycles. The van der Waals surface area contributed by atoms with Gasteiger partial charge in [-0.25, -0.2) is 8.42 Å². The van der Waals surface area contributed by atoms with E-state index in [2.05, 4.69) is 14.8 Å². The fraction of sp³-hybridized carbons (Fsp3) is 0.222. The van der Waals surface area contributed by atoms with Crippen molar-refractivity contribution in [1.29, 1.82) is 0 Å². The molecule has 0 saturated heterocycles. The number of methoxy groups -OCH3 is 1. The fourth-order valence-corrected chi connectivity index (χ4v) is 3.49. The number of sulfonamides is 1. The first-order valence-corrected chi connectivity index (χ1v) is 9.29. The summed E-state index contributed by atoms with van der Waals surface area (Å²) < 4.78 is 31.4. The number of carbonyl (C=O) groups is 2. The molecule has 2 rings (SSSR count). The zero-order valence-electron chi connectivity index (χ0n) is 14.6. The van der Waals surface area contributed by atoms with Crippen LogP contribution in [0.15, 0.2) is 53.4 Å². The summed E-state index contributed by atoms with van der Waals surface area (Å²) in [6.07, 6.45) is 0. The number of rotatable bonds is 6. The number of hydrogen-bond acceptors (Lipinski definition) is 5. The van der Waals surface area contributed by atoms with Gasteiger partial charge < -0.3 is 10.1 Å². The van der Waals surface area contributed by atoms with E-state index in [1.54, 1.807) is 24.3 Å². The Hall–Kier alpha value is -2.71. The molecular weight excluding hydrogens is 356 g/mol. The summed E-state index contributed by atoms with van der Waals surface area (Å²) in [6.45, 7) is 2.84. The quantitative estimate of drug-likeness (QED) is 0.752. The van der Waals surface area contributed by atoms with Gasteiger partial charge in [0, 0.05) is 12.6 Å². The Kier molecular flexibility index (Phi) is 6.12. The summed E-state index contributed by atoms with van der Waals surface area (Å²) in [5.41, 5.74) is 2.37. The van der Waals surface area contributed by atoms with Gasteiger partial charge in [-0.15, -0.1) is 0 Å². The highest BCUT2D eigenvalue weighted by Gasteiger charge is 2.22. The van der Waals surface area contributed by atoms with E-state index >= 15 is 0 Å². The first-order chi connectivity index (χ1) is 12.2. The number of benzene rings is 2. The number of nitrogens with one attached hydrogen (secondary N) is 2. The molecule has 138 valence electrons. The highest BCUT2D eigenvalue weighted by Crippen LogP contribution is 2.23. The molecule has 0 saturated carbocycles. The number of esters is 1. The minimum absolute atomic E-state index is 0.0480. The second kappa shape index (κ2) is 8.11. The van der Waals surface area contributed by atoms with Crippen LogP contribution < -0.4 is 10.0 Å². The molecule has 1 atom stereocenters. The third kappa shape index (κ3) is 4.90. The van der Waals surface area contributed by atoms with Gasteiger partial charge in [-0.3, -0.25) is 9.59 Å². The molecule has 26 heavy (non-hydrogen) atoms. The molecule has 0 aliphatic rings. The highest BCUT2D eigenvalue weighted by atomic mass is 32.2. The zero-order valence-corrected chi connectivity index (χ0v) is 15.5. The van der Waals surface area contributed by atoms with Crippen molar-refractivity contribution in [3.8, 4) is 11.1 Å². The number of hydrogen-bond donors (Lipinski definition) is 2. The van der Waals surface area contributed by atoms with Crippen molar-refractivity contribution in [3.63, 3.8) is 0 Å². The van der Waals surface area contributed by atoms with Crippen molar-refractivity contribution in [3.05, 3.63) is 48.5 Å². The van der Waals surface area contributed by atoms with Crippen LogP contribution >= 0.6 is 0 Å². The summed E-state index contributed by atoms with van der Waals surface area (Å²) >= 11 is 0. The summed E-state index contributed by atoms with van der Waals surface area (Å²) in [5.74, 6) is -0.814. The molecule has 0 spiro atoms. The van der Waals surface area contributed by atoms with Gasteiger partial charge >= 0.3 is 5.97 Å². The van der Waals surface area contributed by atoms with Crippen LogP contribution in [0, 0.1) is 0 Å². The first-order valence-electron chi connectivity index (χ1n) is 7.81. The second-order valence-corrected chi connectivity index (χ2v) is 7.36. The predicted octanol–water partition coefficient (Wildman–Crippen LogP) is 2.15. The lowest BCUT2D eigenvalue weighted by molar-refractivity contribution is -0.142. The third-order valence-electron chi connectivity index (χ3n) is 3.59. The summed E-state index contributed by atoms with van der Waals surface area (Å²) in [4.78, 5) is 22.5. The molecule has 0 aromatic heterocycles. The molecule has 0 fully saturated rings. The molecular formula is C18H20N2O5S. The van der Waals surface area contributed by atoms with Crippen LogP contribution in [0.25, 0.3) is 11.1 Å². The van der Waals surface area contributed by atoms with Crippen LogP contribution in [0.1, 0.15) is 13.8 Å². The minimum atomic E-state index is -3.83. The average molecular weight is 376 g/mol. The lowest BCUT2D eigenvalue weighted by atomic mass is 10.1. The van der Waals surface area contributed by atoms with Crippen LogP contribution in [-0.2, 0) is 24.3 Å². The van der Waals surface area contributed by atoms with Gasteiger partial charge in [-0.2, -0.15) is 4.72 Å². The molecule has 0 aliphatic carbocycles. The van der Waals surface area contributed by atoms with Crippen LogP contribution in [0.2, 0.25) is 0 Å². The van der Waals surface area contributed by atoms with Crippen molar-refractivity contribution in [2.75, 3.05) is 12.4 Å². The molecule has 0 radical (unpaired) electrons. The topological polar surface area (TPSA) is 102 Å². The summed E-state index contributed by atoms with van der Waals surface area (Å²) in [5, 5.41) is 2.68. The smallest absolute Gasteiger partial charge is 0.323 e. The predicted molar refractivity (Wildman–Crippen MR) is 98.0 cm³/mol. The highest BCUT2D eigenvalue weighted by molar-refractivity contribution is 7.89. The van der Waals surface area contributed by atoms with Gasteiger partial charge in [0.15, 0.2) is 0 Å². The van der Waals surface area contributed by atoms with Crippen LogP contribution in [0.5, 0.6) is 0 Å². The fourth-order valence-electron chi connectivity index (χ4n) is 2.30. The van der Waals surface area contributed by atoms with Gasteiger partial charge in [-0.05, 0) is 42.3 Å². The van der Waals surface area contributed by atoms with Crippen LogP contribution in [0.4, 0.5) is 5.69 Å². The number of ether oxygens (including phenoxy) is 1. The van der Waals surface area contributed by atoms with E-state index in [-0.39, 0.29) is 10.8 Å².